The number of benzene rings is 1. The van der Waals surface area contributed by atoms with E-state index >= 15 is 0 Å². The summed E-state index contributed by atoms with van der Waals surface area (Å²) in [5.41, 5.74) is 1.27. The van der Waals surface area contributed by atoms with E-state index in [4.69, 9.17) is 0 Å². The van der Waals surface area contributed by atoms with Gasteiger partial charge in [0.2, 0.25) is 5.78 Å². The van der Waals surface area contributed by atoms with E-state index in [0.717, 1.165) is 5.52 Å². The van der Waals surface area contributed by atoms with E-state index in [-0.39, 0.29) is 11.6 Å². The summed E-state index contributed by atoms with van der Waals surface area (Å²) in [7, 11) is 3.67. The number of imidazole rings is 1. The van der Waals surface area contributed by atoms with E-state index in [9.17, 15) is 9.18 Å². The van der Waals surface area contributed by atoms with Crippen molar-refractivity contribution in [2.45, 2.75) is 13.5 Å². The third-order valence-corrected chi connectivity index (χ3v) is 2.77. The van der Waals surface area contributed by atoms with Gasteiger partial charge in [-0.2, -0.15) is 0 Å². The van der Waals surface area contributed by atoms with Crippen molar-refractivity contribution in [1.29, 1.82) is 0 Å². The molecule has 0 bridgehead atoms. The lowest BCUT2D eigenvalue weighted by Gasteiger charge is -2.04. The largest absolute Gasteiger partial charge is 0.383 e. The van der Waals surface area contributed by atoms with Crippen LogP contribution in [0.4, 0.5) is 4.39 Å². The van der Waals surface area contributed by atoms with Crippen molar-refractivity contribution in [3.8, 4) is 0 Å². The third-order valence-electron chi connectivity index (χ3n) is 2.77. The quantitative estimate of drug-likeness (QED) is 0.627. The van der Waals surface area contributed by atoms with Crippen LogP contribution < -0.4 is 0 Å². The number of aryl methyl sites for hydroxylation is 1. The highest BCUT2D eigenvalue weighted by molar-refractivity contribution is 6.03. The number of halogens is 1. The molecule has 0 aliphatic rings. The normalized spacial score (nSPS) is 11.4. The second-order valence-corrected chi connectivity index (χ2v) is 4.46. The van der Waals surface area contributed by atoms with Crippen LogP contribution >= 0.6 is 0 Å². The number of aromatic nitrogens is 2. The van der Waals surface area contributed by atoms with Gasteiger partial charge in [-0.1, -0.05) is 0 Å². The van der Waals surface area contributed by atoms with Gasteiger partial charge in [-0.05, 0) is 19.1 Å². The van der Waals surface area contributed by atoms with E-state index in [1.807, 2.05) is 21.0 Å². The minimum Gasteiger partial charge on any atom is -0.383 e. The number of hydrogen-bond donors (Lipinski definition) is 0. The average molecular weight is 261 g/mol. The molecule has 4 nitrogen and oxygen atoms in total. The average Bonchev–Trinajstić information content (AvgIpc) is 2.73. The molecular formula is C14H16FN3O. The first kappa shape index (κ1) is 13.3. The van der Waals surface area contributed by atoms with E-state index in [0.29, 0.717) is 17.9 Å². The summed E-state index contributed by atoms with van der Waals surface area (Å²) in [6.07, 6.45) is 3.13. The van der Waals surface area contributed by atoms with Crippen molar-refractivity contribution in [3.05, 3.63) is 42.1 Å². The zero-order valence-electron chi connectivity index (χ0n) is 11.2. The molecule has 0 N–H and O–H groups in total. The van der Waals surface area contributed by atoms with Crippen molar-refractivity contribution in [1.82, 2.24) is 14.5 Å². The highest BCUT2D eigenvalue weighted by Crippen LogP contribution is 2.18. The second kappa shape index (κ2) is 5.22. The van der Waals surface area contributed by atoms with Crippen LogP contribution in [-0.2, 0) is 6.54 Å². The number of allylic oxidation sites excluding steroid dienone is 1. The summed E-state index contributed by atoms with van der Waals surface area (Å²) < 4.78 is 15.0. The Bertz CT molecular complexity index is 643. The maximum absolute atomic E-state index is 13.2. The van der Waals surface area contributed by atoms with Crippen LogP contribution in [0.5, 0.6) is 0 Å². The maximum atomic E-state index is 13.2. The summed E-state index contributed by atoms with van der Waals surface area (Å²) in [6, 6.07) is 4.36. The molecule has 0 saturated carbocycles. The molecule has 2 rings (SSSR count). The van der Waals surface area contributed by atoms with Gasteiger partial charge in [-0.3, -0.25) is 4.79 Å². The number of nitrogens with zero attached hydrogens (tertiary/aromatic N) is 3. The van der Waals surface area contributed by atoms with Crippen LogP contribution in [0.25, 0.3) is 11.0 Å². The van der Waals surface area contributed by atoms with Gasteiger partial charge in [0.25, 0.3) is 0 Å². The summed E-state index contributed by atoms with van der Waals surface area (Å²) in [5, 5.41) is 0. The topological polar surface area (TPSA) is 38.1 Å². The van der Waals surface area contributed by atoms with Crippen molar-refractivity contribution >= 4 is 16.8 Å². The molecule has 0 amide bonds. The molecular weight excluding hydrogens is 245 g/mol. The van der Waals surface area contributed by atoms with E-state index in [2.05, 4.69) is 4.98 Å². The third kappa shape index (κ3) is 2.65. The van der Waals surface area contributed by atoms with Crippen LogP contribution in [0.15, 0.2) is 30.5 Å². The summed E-state index contributed by atoms with van der Waals surface area (Å²) in [5.74, 6) is -0.204. The molecule has 0 aliphatic heterocycles. The second-order valence-electron chi connectivity index (χ2n) is 4.46. The fraction of sp³-hybridized carbons (Fsp3) is 0.286. The molecule has 0 aliphatic carbocycles. The van der Waals surface area contributed by atoms with Crippen molar-refractivity contribution < 1.29 is 9.18 Å². The van der Waals surface area contributed by atoms with Crippen LogP contribution in [0.2, 0.25) is 0 Å². The number of rotatable bonds is 4. The Morgan fingerprint density at radius 2 is 2.21 bits per heavy atom. The zero-order valence-corrected chi connectivity index (χ0v) is 11.2. The number of carbonyl (C=O) groups is 1. The van der Waals surface area contributed by atoms with Gasteiger partial charge < -0.3 is 9.47 Å². The fourth-order valence-electron chi connectivity index (χ4n) is 1.90. The molecule has 0 saturated heterocycles. The first-order chi connectivity index (χ1) is 9.02. The van der Waals surface area contributed by atoms with E-state index < -0.39 is 0 Å². The predicted molar refractivity (Wildman–Crippen MR) is 72.5 cm³/mol. The lowest BCUT2D eigenvalue weighted by Crippen LogP contribution is -2.09. The predicted octanol–water partition coefficient (Wildman–Crippen LogP) is 2.45. The minimum absolute atomic E-state index is 0.188. The van der Waals surface area contributed by atoms with Gasteiger partial charge in [0.05, 0.1) is 11.0 Å². The Labute approximate surface area is 111 Å². The van der Waals surface area contributed by atoms with Crippen LogP contribution in [-0.4, -0.2) is 34.3 Å². The summed E-state index contributed by atoms with van der Waals surface area (Å²) in [4.78, 5) is 18.1. The molecule has 5 heteroatoms. The van der Waals surface area contributed by atoms with Crippen molar-refractivity contribution in [3.63, 3.8) is 0 Å². The monoisotopic (exact) mass is 261 g/mol. The minimum atomic E-state index is -0.351. The molecule has 100 valence electrons. The molecule has 1 aromatic heterocycles. The summed E-state index contributed by atoms with van der Waals surface area (Å²) >= 11 is 0. The van der Waals surface area contributed by atoms with Crippen LogP contribution in [0, 0.1) is 5.82 Å². The Morgan fingerprint density at radius 1 is 1.47 bits per heavy atom. The van der Waals surface area contributed by atoms with Crippen LogP contribution in [0.1, 0.15) is 17.5 Å². The first-order valence-corrected chi connectivity index (χ1v) is 6.07. The Kier molecular flexibility index (Phi) is 3.64. The Morgan fingerprint density at radius 3 is 2.84 bits per heavy atom. The Balaban J connectivity index is 2.51. The fourth-order valence-corrected chi connectivity index (χ4v) is 1.90. The number of hydrogen-bond acceptors (Lipinski definition) is 3. The molecule has 2 aromatic rings. The van der Waals surface area contributed by atoms with E-state index in [1.165, 1.54) is 18.2 Å². The van der Waals surface area contributed by atoms with Gasteiger partial charge in [0.1, 0.15) is 5.82 Å². The SMILES string of the molecule is CCn1c(C(=O)/C=C/N(C)C)nc2cc(F)ccc21. The first-order valence-electron chi connectivity index (χ1n) is 6.07. The zero-order chi connectivity index (χ0) is 14.0. The number of ketones is 1. The lowest BCUT2D eigenvalue weighted by atomic mass is 10.3. The molecule has 0 radical (unpaired) electrons. The molecule has 0 spiro atoms. The number of carbonyl (C=O) groups excluding carboxylic acids is 1. The maximum Gasteiger partial charge on any atom is 0.222 e. The lowest BCUT2D eigenvalue weighted by molar-refractivity contribution is 0.103. The van der Waals surface area contributed by atoms with Crippen molar-refractivity contribution in [2.75, 3.05) is 14.1 Å². The molecule has 0 atom stereocenters. The standard InChI is InChI=1S/C14H16FN3O/c1-4-18-12-6-5-10(15)9-11(12)16-14(18)13(19)7-8-17(2)3/h5-9H,4H2,1-3H3/b8-7+. The van der Waals surface area contributed by atoms with Crippen LogP contribution in [0.3, 0.4) is 0 Å². The van der Waals surface area contributed by atoms with Gasteiger partial charge >= 0.3 is 0 Å². The smallest absolute Gasteiger partial charge is 0.222 e. The number of fused-ring (bicyclic) bond motifs is 1. The molecule has 1 heterocycles. The molecule has 0 unspecified atom stereocenters. The van der Waals surface area contributed by atoms with Gasteiger partial charge in [-0.25, -0.2) is 9.37 Å². The van der Waals surface area contributed by atoms with Gasteiger partial charge in [-0.15, -0.1) is 0 Å². The van der Waals surface area contributed by atoms with E-state index in [1.54, 1.807) is 21.7 Å². The van der Waals surface area contributed by atoms with Gasteiger partial charge in [0, 0.05) is 39.0 Å². The summed E-state index contributed by atoms with van der Waals surface area (Å²) in [6.45, 7) is 2.54. The molecule has 1 aromatic carbocycles. The molecule has 0 fully saturated rings. The highest BCUT2D eigenvalue weighted by atomic mass is 19.1. The Hall–Kier alpha value is -2.17. The van der Waals surface area contributed by atoms with Crippen molar-refractivity contribution in [2.24, 2.45) is 0 Å². The molecule has 19 heavy (non-hydrogen) atoms. The highest BCUT2D eigenvalue weighted by Gasteiger charge is 2.14. The van der Waals surface area contributed by atoms with Gasteiger partial charge in [0.15, 0.2) is 5.82 Å².